The number of methoxy groups -OCH3 is 2. The van der Waals surface area contributed by atoms with Gasteiger partial charge in [-0.3, -0.25) is 9.59 Å². The van der Waals surface area contributed by atoms with Gasteiger partial charge in [0.05, 0.1) is 27.3 Å². The summed E-state index contributed by atoms with van der Waals surface area (Å²) < 4.78 is 63.7. The van der Waals surface area contributed by atoms with Crippen LogP contribution in [0.3, 0.4) is 0 Å². The predicted octanol–water partition coefficient (Wildman–Crippen LogP) is 4.85. The second kappa shape index (κ2) is 15.7. The zero-order valence-corrected chi connectivity index (χ0v) is 27.9. The molecule has 0 aliphatic carbocycles. The number of hydrogen-bond acceptors (Lipinski definition) is 8. The third-order valence-corrected chi connectivity index (χ3v) is 10.2. The van der Waals surface area contributed by atoms with Crippen molar-refractivity contribution in [2.45, 2.75) is 37.2 Å². The van der Waals surface area contributed by atoms with Gasteiger partial charge < -0.3 is 14.4 Å². The molecule has 0 fully saturated rings. The number of halogens is 3. The first-order chi connectivity index (χ1) is 20.4. The zero-order chi connectivity index (χ0) is 31.7. The molecule has 15 heteroatoms. The molecule has 2 amide bonds. The van der Waals surface area contributed by atoms with E-state index in [2.05, 4.69) is 4.98 Å². The first-order valence-corrected chi connectivity index (χ1v) is 16.8. The van der Waals surface area contributed by atoms with Crippen LogP contribution < -0.4 is 14.2 Å². The zero-order valence-electron chi connectivity index (χ0n) is 24.1. The number of nitrogens with one attached hydrogen (secondary N) is 1. The van der Waals surface area contributed by atoms with Crippen molar-refractivity contribution >= 4 is 56.0 Å². The van der Waals surface area contributed by atoms with Crippen molar-refractivity contribution in [1.82, 2.24) is 18.9 Å². The fourth-order valence-electron chi connectivity index (χ4n) is 4.20. The van der Waals surface area contributed by atoms with Crippen LogP contribution in [-0.2, 0) is 27.6 Å². The van der Waals surface area contributed by atoms with E-state index in [1.807, 2.05) is 64.6 Å². The van der Waals surface area contributed by atoms with Crippen molar-refractivity contribution in [3.05, 3.63) is 74.7 Å². The summed E-state index contributed by atoms with van der Waals surface area (Å²) >= 11 is 3.19. The number of carbonyl (C=O) groups excluding carboxylic acids is 2. The molecule has 43 heavy (non-hydrogen) atoms. The van der Waals surface area contributed by atoms with Crippen LogP contribution in [0, 0.1) is 6.92 Å². The largest absolute Gasteiger partial charge is 0.496 e. The number of ether oxygens (including phenoxy) is 2. The van der Waals surface area contributed by atoms with E-state index in [4.69, 9.17) is 9.47 Å². The summed E-state index contributed by atoms with van der Waals surface area (Å²) in [5.41, 5.74) is 2.06. The van der Waals surface area contributed by atoms with Crippen LogP contribution >= 0.6 is 33.9 Å². The predicted molar refractivity (Wildman–Crippen MR) is 169 cm³/mol. The van der Waals surface area contributed by atoms with E-state index in [0.29, 0.717) is 48.6 Å². The van der Waals surface area contributed by atoms with Gasteiger partial charge >= 0.3 is 10.2 Å². The van der Waals surface area contributed by atoms with Crippen molar-refractivity contribution in [2.75, 3.05) is 34.4 Å². The Morgan fingerprint density at radius 3 is 2.30 bits per heavy atom. The monoisotopic (exact) mass is 750 g/mol. The lowest BCUT2D eigenvalue weighted by atomic mass is 10.1. The molecular formula is C28H33F2IN4O6S2. The Kier molecular flexibility index (Phi) is 12.6. The van der Waals surface area contributed by atoms with E-state index in [1.54, 1.807) is 17.0 Å². The molecule has 234 valence electrons. The van der Waals surface area contributed by atoms with Gasteiger partial charge in [-0.2, -0.15) is 12.7 Å². The highest BCUT2D eigenvalue weighted by molar-refractivity contribution is 14.1. The molecule has 3 aromatic rings. The van der Waals surface area contributed by atoms with Crippen LogP contribution in [0.15, 0.2) is 42.5 Å². The quantitative estimate of drug-likeness (QED) is 0.175. The summed E-state index contributed by atoms with van der Waals surface area (Å²) in [5, 5.41) is 0.411. The summed E-state index contributed by atoms with van der Waals surface area (Å²) in [4.78, 5) is 33.2. The average Bonchev–Trinajstić information content (AvgIpc) is 3.39. The molecule has 2 aromatic carbocycles. The minimum absolute atomic E-state index is 0.0474. The second-order valence-corrected chi connectivity index (χ2v) is 13.2. The van der Waals surface area contributed by atoms with Crippen LogP contribution in [0.4, 0.5) is 8.78 Å². The highest BCUT2D eigenvalue weighted by Gasteiger charge is 2.28. The molecule has 0 radical (unpaired) electrons. The van der Waals surface area contributed by atoms with Crippen LogP contribution in [0.25, 0.3) is 0 Å². The van der Waals surface area contributed by atoms with Gasteiger partial charge in [-0.15, -0.1) is 11.3 Å². The highest BCUT2D eigenvalue weighted by atomic mass is 127. The topological polar surface area (TPSA) is 118 Å². The number of benzene rings is 2. The summed E-state index contributed by atoms with van der Waals surface area (Å²) in [6.45, 7) is 1.16. The fraction of sp³-hybridized carbons (Fsp3) is 0.393. The number of hydrogen-bond donors (Lipinski definition) is 1. The Bertz CT molecular complexity index is 1500. The van der Waals surface area contributed by atoms with Crippen molar-refractivity contribution < 1.29 is 36.3 Å². The normalized spacial score (nSPS) is 11.6. The van der Waals surface area contributed by atoms with Gasteiger partial charge in [-0.05, 0) is 37.5 Å². The molecule has 0 atom stereocenters. The fourth-order valence-corrected chi connectivity index (χ4v) is 6.75. The van der Waals surface area contributed by atoms with E-state index in [-0.39, 0.29) is 18.1 Å². The maximum atomic E-state index is 13.8. The van der Waals surface area contributed by atoms with Gasteiger partial charge in [0, 0.05) is 34.0 Å². The molecule has 1 aromatic heterocycles. The van der Waals surface area contributed by atoms with E-state index >= 15 is 0 Å². The molecular weight excluding hydrogens is 717 g/mol. The van der Waals surface area contributed by atoms with Gasteiger partial charge in [0.2, 0.25) is 0 Å². The molecule has 0 spiro atoms. The van der Waals surface area contributed by atoms with Gasteiger partial charge in [-0.25, -0.2) is 18.5 Å². The molecule has 10 nitrogen and oxygen atoms in total. The van der Waals surface area contributed by atoms with E-state index in [9.17, 15) is 26.8 Å². The number of carbonyl (C=O) groups is 2. The Morgan fingerprint density at radius 2 is 1.74 bits per heavy atom. The lowest BCUT2D eigenvalue weighted by Crippen LogP contribution is -2.43. The molecule has 1 N–H and O–H groups in total. The number of aryl methyl sites for hydroxylation is 1. The maximum Gasteiger partial charge on any atom is 0.304 e. The molecule has 0 bridgehead atoms. The summed E-state index contributed by atoms with van der Waals surface area (Å²) in [7, 11) is -0.559. The number of amides is 2. The number of rotatable bonds is 15. The molecule has 1 heterocycles. The number of thiazole rings is 1. The number of nitrogens with zero attached hydrogens (tertiary/aromatic N) is 3. The second-order valence-electron chi connectivity index (χ2n) is 9.44. The standard InChI is InChI=1S/C28H33F2IN4O6S2/c1-18-21(40-3)13-20(14-22(18)41-4)28(37)35(12-8-11-19-9-6-5-7-10-19)17-25-32-26(23(15-31)42-25)27(36)33-43(38,39)34(2)16-24(29)30/h5-7,9-10,13-14,24H,8,11-12,15-17H2,1-4H3,(H,33,36). The van der Waals surface area contributed by atoms with Gasteiger partial charge in [0.15, 0.2) is 0 Å². The first-order valence-electron chi connectivity index (χ1n) is 13.1. The lowest BCUT2D eigenvalue weighted by molar-refractivity contribution is 0.0740. The SMILES string of the molecule is COc1cc(C(=O)N(CCCc2ccccc2)Cc2nc(C(=O)NS(=O)(=O)N(C)CC(F)F)c(CI)s2)cc(OC)c1C. The van der Waals surface area contributed by atoms with Crippen LogP contribution in [0.2, 0.25) is 0 Å². The van der Waals surface area contributed by atoms with Gasteiger partial charge in [-0.1, -0.05) is 52.9 Å². The summed E-state index contributed by atoms with van der Waals surface area (Å²) in [6.07, 6.45) is -1.55. The van der Waals surface area contributed by atoms with Crippen molar-refractivity contribution in [2.24, 2.45) is 0 Å². The molecule has 0 aliphatic heterocycles. The maximum absolute atomic E-state index is 13.8. The van der Waals surface area contributed by atoms with E-state index in [0.717, 1.165) is 24.6 Å². The van der Waals surface area contributed by atoms with E-state index < -0.39 is 29.1 Å². The average molecular weight is 751 g/mol. The third kappa shape index (κ3) is 9.30. The van der Waals surface area contributed by atoms with Crippen LogP contribution in [0.5, 0.6) is 11.5 Å². The van der Waals surface area contributed by atoms with Crippen LogP contribution in [-0.4, -0.2) is 75.2 Å². The molecule has 0 unspecified atom stereocenters. The first kappa shape index (κ1) is 34.6. The molecule has 0 saturated heterocycles. The van der Waals surface area contributed by atoms with Crippen molar-refractivity contribution in [3.8, 4) is 11.5 Å². The van der Waals surface area contributed by atoms with Gasteiger partial charge in [0.1, 0.15) is 22.2 Å². The number of alkyl halides is 3. The van der Waals surface area contributed by atoms with Crippen LogP contribution in [0.1, 0.15) is 48.3 Å². The smallest absolute Gasteiger partial charge is 0.304 e. The Hall–Kier alpha value is -2.89. The van der Waals surface area contributed by atoms with Crippen molar-refractivity contribution in [1.29, 1.82) is 0 Å². The van der Waals surface area contributed by atoms with E-state index in [1.165, 1.54) is 25.6 Å². The lowest BCUT2D eigenvalue weighted by Gasteiger charge is -2.23. The Balaban J connectivity index is 1.90. The minimum Gasteiger partial charge on any atom is -0.496 e. The molecule has 3 rings (SSSR count). The van der Waals surface area contributed by atoms with Crippen molar-refractivity contribution in [3.63, 3.8) is 0 Å². The van der Waals surface area contributed by atoms with Gasteiger partial charge in [0.25, 0.3) is 18.2 Å². The Labute approximate surface area is 267 Å². The number of aromatic nitrogens is 1. The summed E-state index contributed by atoms with van der Waals surface area (Å²) in [6, 6.07) is 13.1. The highest BCUT2D eigenvalue weighted by Crippen LogP contribution is 2.31. The Morgan fingerprint density at radius 1 is 1.12 bits per heavy atom. The third-order valence-electron chi connectivity index (χ3n) is 6.45. The molecule has 0 aliphatic rings. The summed E-state index contributed by atoms with van der Waals surface area (Å²) in [5.74, 6) is -0.362. The minimum atomic E-state index is -4.52. The molecule has 0 saturated carbocycles.